The van der Waals surface area contributed by atoms with Crippen molar-refractivity contribution in [3.05, 3.63) is 47.8 Å². The highest BCUT2D eigenvalue weighted by Gasteiger charge is 2.32. The van der Waals surface area contributed by atoms with Crippen LogP contribution in [0.3, 0.4) is 0 Å². The molecule has 7 nitrogen and oxygen atoms in total. The number of ether oxygens (including phenoxy) is 1. The van der Waals surface area contributed by atoms with E-state index in [-0.39, 0.29) is 36.0 Å². The number of halogens is 4. The highest BCUT2D eigenvalue weighted by atomic mass is 127. The molecule has 1 aliphatic heterocycles. The van der Waals surface area contributed by atoms with Gasteiger partial charge in [0.25, 0.3) is 0 Å². The molecule has 1 aromatic heterocycles. The molecule has 1 aliphatic rings. The van der Waals surface area contributed by atoms with Crippen LogP contribution in [0.1, 0.15) is 30.6 Å². The van der Waals surface area contributed by atoms with Crippen molar-refractivity contribution in [2.24, 2.45) is 4.99 Å². The van der Waals surface area contributed by atoms with E-state index in [2.05, 4.69) is 30.9 Å². The molecule has 3 rings (SSSR count). The summed E-state index contributed by atoms with van der Waals surface area (Å²) in [6.45, 7) is 3.88. The summed E-state index contributed by atoms with van der Waals surface area (Å²) in [5.41, 5.74) is 0.0894. The lowest BCUT2D eigenvalue weighted by atomic mass is 10.0. The number of alkyl halides is 3. The van der Waals surface area contributed by atoms with Gasteiger partial charge in [0.2, 0.25) is 5.95 Å². The molecule has 0 radical (unpaired) electrons. The number of guanidine groups is 1. The number of hydrogen-bond donors (Lipinski definition) is 3. The maximum Gasteiger partial charge on any atom is 0.433 e. The fourth-order valence-electron chi connectivity index (χ4n) is 2.91. The molecule has 1 aromatic carbocycles. The molecule has 0 fully saturated rings. The third kappa shape index (κ3) is 6.61. The maximum atomic E-state index is 12.7. The van der Waals surface area contributed by atoms with Crippen LogP contribution in [0.25, 0.3) is 0 Å². The van der Waals surface area contributed by atoms with Gasteiger partial charge in [-0.2, -0.15) is 13.2 Å². The summed E-state index contributed by atoms with van der Waals surface area (Å²) in [7, 11) is 0. The second kappa shape index (κ2) is 11.2. The fourth-order valence-corrected chi connectivity index (χ4v) is 2.91. The molecule has 0 aliphatic carbocycles. The van der Waals surface area contributed by atoms with Gasteiger partial charge in [0, 0.05) is 31.3 Å². The summed E-state index contributed by atoms with van der Waals surface area (Å²) in [6, 6.07) is 8.75. The van der Waals surface area contributed by atoms with Crippen LogP contribution < -0.4 is 20.7 Å². The minimum absolute atomic E-state index is 0. The zero-order chi connectivity index (χ0) is 20.7. The second-order valence-corrected chi connectivity index (χ2v) is 6.32. The van der Waals surface area contributed by atoms with Gasteiger partial charge in [-0.25, -0.2) is 9.97 Å². The number of aromatic nitrogens is 2. The average Bonchev–Trinajstić information content (AvgIpc) is 2.71. The summed E-state index contributed by atoms with van der Waals surface area (Å²) >= 11 is 0. The Kier molecular flexibility index (Phi) is 8.93. The van der Waals surface area contributed by atoms with E-state index < -0.39 is 11.9 Å². The van der Waals surface area contributed by atoms with Crippen molar-refractivity contribution in [3.8, 4) is 5.75 Å². The first kappa shape index (κ1) is 24.0. The average molecular weight is 536 g/mol. The van der Waals surface area contributed by atoms with Gasteiger partial charge in [0.05, 0.1) is 19.2 Å². The Labute approximate surface area is 190 Å². The first-order chi connectivity index (χ1) is 14.0. The lowest BCUT2D eigenvalue weighted by Crippen LogP contribution is -2.41. The number of nitrogens with one attached hydrogen (secondary N) is 3. The number of aliphatic imine (C=N–C) groups is 1. The first-order valence-electron chi connectivity index (χ1n) is 9.38. The minimum atomic E-state index is -4.50. The quantitative estimate of drug-likeness (QED) is 0.227. The summed E-state index contributed by atoms with van der Waals surface area (Å²) < 4.78 is 43.8. The molecule has 2 aromatic rings. The molecule has 30 heavy (non-hydrogen) atoms. The van der Waals surface area contributed by atoms with Gasteiger partial charge >= 0.3 is 6.18 Å². The van der Waals surface area contributed by atoms with Crippen LogP contribution in [0.2, 0.25) is 0 Å². The fraction of sp³-hybridized carbons (Fsp3) is 0.421. The molecule has 0 saturated carbocycles. The number of benzene rings is 1. The zero-order valence-electron chi connectivity index (χ0n) is 16.4. The maximum absolute atomic E-state index is 12.7. The smallest absolute Gasteiger partial charge is 0.433 e. The monoisotopic (exact) mass is 536 g/mol. The number of rotatable bonds is 6. The highest BCUT2D eigenvalue weighted by molar-refractivity contribution is 14.0. The SMILES string of the molecule is CCNC(=NCCNc1nccc(C(F)(F)F)n1)NC1CCOc2ccccc21.I. The number of fused-ring (bicyclic) bond motifs is 1. The summed E-state index contributed by atoms with van der Waals surface area (Å²) in [4.78, 5) is 11.8. The van der Waals surface area contributed by atoms with Crippen molar-refractivity contribution in [3.63, 3.8) is 0 Å². The predicted octanol–water partition coefficient (Wildman–Crippen LogP) is 3.60. The van der Waals surface area contributed by atoms with E-state index in [1.165, 1.54) is 0 Å². The third-order valence-corrected chi connectivity index (χ3v) is 4.22. The van der Waals surface area contributed by atoms with Gasteiger partial charge < -0.3 is 20.7 Å². The topological polar surface area (TPSA) is 83.5 Å². The molecular formula is C19H24F3IN6O. The molecule has 164 valence electrons. The number of para-hydroxylation sites is 1. The van der Waals surface area contributed by atoms with E-state index in [0.29, 0.717) is 32.2 Å². The molecule has 0 saturated heterocycles. The van der Waals surface area contributed by atoms with Crippen LogP contribution >= 0.6 is 24.0 Å². The van der Waals surface area contributed by atoms with Crippen molar-refractivity contribution in [2.45, 2.75) is 25.6 Å². The van der Waals surface area contributed by atoms with Gasteiger partial charge in [-0.1, -0.05) is 18.2 Å². The lowest BCUT2D eigenvalue weighted by molar-refractivity contribution is -0.141. The van der Waals surface area contributed by atoms with Crippen molar-refractivity contribution in [2.75, 3.05) is 31.6 Å². The first-order valence-corrected chi connectivity index (χ1v) is 9.38. The molecule has 2 heterocycles. The molecule has 3 N–H and O–H groups in total. The summed E-state index contributed by atoms with van der Waals surface area (Å²) in [5, 5.41) is 9.34. The van der Waals surface area contributed by atoms with Gasteiger partial charge in [0.1, 0.15) is 11.4 Å². The van der Waals surface area contributed by atoms with Crippen LogP contribution in [-0.4, -0.2) is 42.2 Å². The molecule has 0 amide bonds. The van der Waals surface area contributed by atoms with Crippen molar-refractivity contribution in [1.29, 1.82) is 0 Å². The Balaban J connectivity index is 0.00000320. The third-order valence-electron chi connectivity index (χ3n) is 4.22. The Bertz CT molecular complexity index is 849. The van der Waals surface area contributed by atoms with Crippen LogP contribution in [0.4, 0.5) is 19.1 Å². The van der Waals surface area contributed by atoms with Crippen LogP contribution in [0, 0.1) is 0 Å². The van der Waals surface area contributed by atoms with Gasteiger partial charge in [-0.15, -0.1) is 24.0 Å². The van der Waals surface area contributed by atoms with E-state index >= 15 is 0 Å². The van der Waals surface area contributed by atoms with Crippen molar-refractivity contribution < 1.29 is 17.9 Å². The predicted molar refractivity (Wildman–Crippen MR) is 119 cm³/mol. The Morgan fingerprint density at radius 1 is 1.27 bits per heavy atom. The number of anilines is 1. The zero-order valence-corrected chi connectivity index (χ0v) is 18.7. The molecule has 1 unspecified atom stereocenters. The molecule has 0 bridgehead atoms. The van der Waals surface area contributed by atoms with Crippen LogP contribution in [0.15, 0.2) is 41.5 Å². The second-order valence-electron chi connectivity index (χ2n) is 6.32. The number of hydrogen-bond acceptors (Lipinski definition) is 5. The normalized spacial score (nSPS) is 16.0. The number of nitrogens with zero attached hydrogens (tertiary/aromatic N) is 3. The standard InChI is InChI=1S/C19H23F3N6O.HI/c1-2-23-17(27-14-8-12-29-15-6-4-3-5-13(14)15)25-10-11-26-18-24-9-7-16(28-18)19(20,21)22;/h3-7,9,14H,2,8,10-12H2,1H3,(H2,23,25,27)(H,24,26,28);1H. The van der Waals surface area contributed by atoms with Gasteiger partial charge in [-0.05, 0) is 19.1 Å². The molecular weight excluding hydrogens is 512 g/mol. The largest absolute Gasteiger partial charge is 0.493 e. The van der Waals surface area contributed by atoms with E-state index in [1.807, 2.05) is 31.2 Å². The summed E-state index contributed by atoms with van der Waals surface area (Å²) in [6.07, 6.45) is -2.62. The van der Waals surface area contributed by atoms with E-state index in [0.717, 1.165) is 30.0 Å². The minimum Gasteiger partial charge on any atom is -0.493 e. The van der Waals surface area contributed by atoms with E-state index in [1.54, 1.807) is 0 Å². The van der Waals surface area contributed by atoms with E-state index in [9.17, 15) is 13.2 Å². The highest BCUT2D eigenvalue weighted by Crippen LogP contribution is 2.31. The van der Waals surface area contributed by atoms with Crippen molar-refractivity contribution >= 4 is 35.9 Å². The van der Waals surface area contributed by atoms with Crippen LogP contribution in [0.5, 0.6) is 5.75 Å². The van der Waals surface area contributed by atoms with Crippen molar-refractivity contribution in [1.82, 2.24) is 20.6 Å². The molecule has 1 atom stereocenters. The summed E-state index contributed by atoms with van der Waals surface area (Å²) in [5.74, 6) is 1.41. The molecule has 11 heteroatoms. The van der Waals surface area contributed by atoms with Crippen LogP contribution in [-0.2, 0) is 6.18 Å². The van der Waals surface area contributed by atoms with Gasteiger partial charge in [0.15, 0.2) is 5.96 Å². The Hall–Kier alpha value is -2.31. The Morgan fingerprint density at radius 3 is 2.83 bits per heavy atom. The molecule has 0 spiro atoms. The Morgan fingerprint density at radius 2 is 2.07 bits per heavy atom. The lowest BCUT2D eigenvalue weighted by Gasteiger charge is -2.28. The van der Waals surface area contributed by atoms with Gasteiger partial charge in [-0.3, -0.25) is 4.99 Å². The van der Waals surface area contributed by atoms with E-state index in [4.69, 9.17) is 4.74 Å².